The van der Waals surface area contributed by atoms with Gasteiger partial charge in [-0.1, -0.05) is 30.8 Å². The third-order valence-corrected chi connectivity index (χ3v) is 5.53. The average molecular weight is 423 g/mol. The van der Waals surface area contributed by atoms with Gasteiger partial charge >= 0.3 is 0 Å². The molecule has 2 N–H and O–H groups in total. The fourth-order valence-electron chi connectivity index (χ4n) is 3.16. The van der Waals surface area contributed by atoms with Crippen LogP contribution in [0.5, 0.6) is 11.5 Å². The molecule has 0 aliphatic heterocycles. The number of hydrogen-bond acceptors (Lipinski definition) is 7. The fraction of sp³-hybridized carbons (Fsp3) is 0.238. The minimum atomic E-state index is -0.226. The van der Waals surface area contributed by atoms with Crippen LogP contribution in [0.3, 0.4) is 0 Å². The van der Waals surface area contributed by atoms with Crippen LogP contribution in [0.15, 0.2) is 41.6 Å². The van der Waals surface area contributed by atoms with Gasteiger partial charge in [0.05, 0.1) is 20.0 Å². The van der Waals surface area contributed by atoms with Crippen LogP contribution in [0.2, 0.25) is 0 Å². The lowest BCUT2D eigenvalue weighted by Gasteiger charge is -2.13. The highest BCUT2D eigenvalue weighted by Crippen LogP contribution is 2.34. The molecule has 0 fully saturated rings. The minimum Gasteiger partial charge on any atom is -0.494 e. The highest BCUT2D eigenvalue weighted by Gasteiger charge is 2.15. The van der Waals surface area contributed by atoms with Crippen LogP contribution < -0.4 is 14.8 Å². The summed E-state index contributed by atoms with van der Waals surface area (Å²) < 4.78 is 10.6. The molecule has 0 saturated heterocycles. The van der Waals surface area contributed by atoms with Crippen LogP contribution in [-0.4, -0.2) is 46.0 Å². The molecule has 1 amide bonds. The molecular formula is C21H21N5O3S. The van der Waals surface area contributed by atoms with Gasteiger partial charge in [0, 0.05) is 10.9 Å². The van der Waals surface area contributed by atoms with E-state index in [-0.39, 0.29) is 11.7 Å². The van der Waals surface area contributed by atoms with Crippen molar-refractivity contribution in [1.29, 1.82) is 0 Å². The van der Waals surface area contributed by atoms with Crippen molar-refractivity contribution in [1.82, 2.24) is 20.2 Å². The van der Waals surface area contributed by atoms with Crippen molar-refractivity contribution in [2.24, 2.45) is 0 Å². The second kappa shape index (κ2) is 8.58. The van der Waals surface area contributed by atoms with Gasteiger partial charge in [0.25, 0.3) is 0 Å². The van der Waals surface area contributed by atoms with Crippen LogP contribution in [0, 0.1) is 0 Å². The number of nitrogens with zero attached hydrogens (tertiary/aromatic N) is 3. The van der Waals surface area contributed by atoms with E-state index in [4.69, 9.17) is 9.47 Å². The Labute approximate surface area is 177 Å². The number of carbonyl (C=O) groups is 1. The van der Waals surface area contributed by atoms with E-state index in [1.165, 1.54) is 31.5 Å². The fourth-order valence-corrected chi connectivity index (χ4v) is 3.75. The number of aromatic amines is 1. The quantitative estimate of drug-likeness (QED) is 0.436. The van der Waals surface area contributed by atoms with E-state index in [0.717, 1.165) is 22.8 Å². The van der Waals surface area contributed by atoms with Crippen molar-refractivity contribution < 1.29 is 14.3 Å². The zero-order valence-electron chi connectivity index (χ0n) is 16.9. The number of rotatable bonds is 7. The number of H-pyrrole nitrogens is 1. The summed E-state index contributed by atoms with van der Waals surface area (Å²) in [4.78, 5) is 20.3. The van der Waals surface area contributed by atoms with Crippen LogP contribution in [0.1, 0.15) is 12.5 Å². The van der Waals surface area contributed by atoms with Crippen LogP contribution in [0.4, 0.5) is 5.69 Å². The Balaban J connectivity index is 1.50. The number of aromatic nitrogens is 4. The molecule has 0 unspecified atom stereocenters. The summed E-state index contributed by atoms with van der Waals surface area (Å²) in [5.41, 5.74) is 4.07. The number of anilines is 1. The number of amides is 1. The average Bonchev–Trinajstić information content (AvgIpc) is 3.14. The lowest BCUT2D eigenvalue weighted by Crippen LogP contribution is -2.15. The normalized spacial score (nSPS) is 11.0. The van der Waals surface area contributed by atoms with Gasteiger partial charge in [-0.15, -0.1) is 10.2 Å². The van der Waals surface area contributed by atoms with Crippen LogP contribution in [-0.2, 0) is 11.2 Å². The van der Waals surface area contributed by atoms with Gasteiger partial charge in [0.2, 0.25) is 11.1 Å². The number of thioether (sulfide) groups is 1. The number of ether oxygens (including phenoxy) is 2. The summed E-state index contributed by atoms with van der Waals surface area (Å²) in [6.45, 7) is 2.11. The van der Waals surface area contributed by atoms with Crippen molar-refractivity contribution in [3.05, 3.63) is 42.0 Å². The maximum Gasteiger partial charge on any atom is 0.235 e. The number of para-hydroxylation sites is 1. The lowest BCUT2D eigenvalue weighted by molar-refractivity contribution is -0.113. The molecule has 2 aromatic carbocycles. The molecule has 0 aliphatic rings. The number of aryl methyl sites for hydroxylation is 1. The molecule has 2 heterocycles. The first-order valence-electron chi connectivity index (χ1n) is 9.41. The van der Waals surface area contributed by atoms with Crippen molar-refractivity contribution in [2.75, 3.05) is 25.3 Å². The SMILES string of the molecule is CCc1ccc2[nH]c3nc(SCC(=O)Nc4c(OC)cccc4OC)nnc3c2c1. The Morgan fingerprint density at radius 2 is 1.90 bits per heavy atom. The van der Waals surface area contributed by atoms with Gasteiger partial charge in [0.15, 0.2) is 5.65 Å². The highest BCUT2D eigenvalue weighted by atomic mass is 32.2. The van der Waals surface area contributed by atoms with Gasteiger partial charge in [0.1, 0.15) is 22.7 Å². The van der Waals surface area contributed by atoms with Crippen molar-refractivity contribution in [3.63, 3.8) is 0 Å². The third kappa shape index (κ3) is 3.88. The molecule has 30 heavy (non-hydrogen) atoms. The molecule has 8 nitrogen and oxygen atoms in total. The molecule has 0 saturated carbocycles. The zero-order valence-corrected chi connectivity index (χ0v) is 17.7. The third-order valence-electron chi connectivity index (χ3n) is 4.69. The second-order valence-corrected chi connectivity index (χ2v) is 7.47. The number of benzene rings is 2. The predicted octanol–water partition coefficient (Wildman–Crippen LogP) is 3.82. The first-order chi connectivity index (χ1) is 14.6. The van der Waals surface area contributed by atoms with E-state index >= 15 is 0 Å². The largest absolute Gasteiger partial charge is 0.494 e. The summed E-state index contributed by atoms with van der Waals surface area (Å²) in [6.07, 6.45) is 0.948. The molecule has 0 bridgehead atoms. The first-order valence-corrected chi connectivity index (χ1v) is 10.4. The van der Waals surface area contributed by atoms with E-state index < -0.39 is 0 Å². The summed E-state index contributed by atoms with van der Waals surface area (Å²) in [6, 6.07) is 11.5. The number of hydrogen-bond donors (Lipinski definition) is 2. The van der Waals surface area contributed by atoms with E-state index in [0.29, 0.717) is 28.0 Å². The highest BCUT2D eigenvalue weighted by molar-refractivity contribution is 7.99. The standard InChI is InChI=1S/C21H21N5O3S/c1-4-12-8-9-14-13(10-12)18-20(22-14)24-21(26-25-18)30-11-17(27)23-19-15(28-2)6-5-7-16(19)29-3/h5-10H,4,11H2,1-3H3,(H,23,27)(H,22,24,26). The topological polar surface area (TPSA) is 102 Å². The van der Waals surface area contributed by atoms with Gasteiger partial charge in [-0.25, -0.2) is 4.98 Å². The molecular weight excluding hydrogens is 402 g/mol. The molecule has 0 spiro atoms. The van der Waals surface area contributed by atoms with Crippen molar-refractivity contribution in [2.45, 2.75) is 18.5 Å². The molecule has 0 radical (unpaired) electrons. The van der Waals surface area contributed by atoms with Gasteiger partial charge in [-0.3, -0.25) is 4.79 Å². The smallest absolute Gasteiger partial charge is 0.235 e. The van der Waals surface area contributed by atoms with Gasteiger partial charge < -0.3 is 19.8 Å². The summed E-state index contributed by atoms with van der Waals surface area (Å²) >= 11 is 1.21. The van der Waals surface area contributed by atoms with Gasteiger partial charge in [-0.2, -0.15) is 0 Å². The number of nitrogens with one attached hydrogen (secondary N) is 2. The number of carbonyl (C=O) groups excluding carboxylic acids is 1. The zero-order chi connectivity index (χ0) is 21.1. The Kier molecular flexibility index (Phi) is 5.71. The van der Waals surface area contributed by atoms with Crippen molar-refractivity contribution in [3.8, 4) is 11.5 Å². The molecule has 154 valence electrons. The maximum absolute atomic E-state index is 12.5. The predicted molar refractivity (Wildman–Crippen MR) is 117 cm³/mol. The molecule has 4 rings (SSSR count). The summed E-state index contributed by atoms with van der Waals surface area (Å²) in [5.74, 6) is 0.943. The van der Waals surface area contributed by atoms with Crippen LogP contribution in [0.25, 0.3) is 22.1 Å². The van der Waals surface area contributed by atoms with E-state index in [9.17, 15) is 4.79 Å². The molecule has 4 aromatic rings. The summed E-state index contributed by atoms with van der Waals surface area (Å²) in [7, 11) is 3.08. The van der Waals surface area contributed by atoms with E-state index in [1.54, 1.807) is 18.2 Å². The molecule has 2 aromatic heterocycles. The monoisotopic (exact) mass is 423 g/mol. The number of methoxy groups -OCH3 is 2. The Hall–Kier alpha value is -3.33. The lowest BCUT2D eigenvalue weighted by atomic mass is 10.1. The maximum atomic E-state index is 12.5. The molecule has 0 aliphatic carbocycles. The Bertz CT molecular complexity index is 1200. The molecule has 0 atom stereocenters. The summed E-state index contributed by atoms with van der Waals surface area (Å²) in [5, 5.41) is 12.8. The Morgan fingerprint density at radius 3 is 2.60 bits per heavy atom. The van der Waals surface area contributed by atoms with Crippen molar-refractivity contribution >= 4 is 45.4 Å². The minimum absolute atomic E-state index is 0.120. The molecule has 9 heteroatoms. The van der Waals surface area contributed by atoms with Gasteiger partial charge in [-0.05, 0) is 36.2 Å². The van der Waals surface area contributed by atoms with Crippen LogP contribution >= 0.6 is 11.8 Å². The number of fused-ring (bicyclic) bond motifs is 3. The van der Waals surface area contributed by atoms with E-state index in [2.05, 4.69) is 44.5 Å². The second-order valence-electron chi connectivity index (χ2n) is 6.52. The Morgan fingerprint density at radius 1 is 1.13 bits per heavy atom. The van der Waals surface area contributed by atoms with E-state index in [1.807, 2.05) is 6.07 Å². The first kappa shape index (κ1) is 20.0.